The van der Waals surface area contributed by atoms with Crippen molar-refractivity contribution in [3.8, 4) is 0 Å². The van der Waals surface area contributed by atoms with Gasteiger partial charge in [-0.15, -0.1) is 0 Å². The summed E-state index contributed by atoms with van der Waals surface area (Å²) < 4.78 is 0. The molecule has 1 nitrogen and oxygen atoms in total. The SMILES string of the molecule is O=C/C=C/[C@@H]1CCCC[C@@H]1c1ccccc1. The number of hydrogen-bond donors (Lipinski definition) is 0. The third-order valence-electron chi connectivity index (χ3n) is 3.48. The molecule has 84 valence electrons. The lowest BCUT2D eigenvalue weighted by molar-refractivity contribution is -0.104. The van der Waals surface area contributed by atoms with Gasteiger partial charge in [-0.2, -0.15) is 0 Å². The van der Waals surface area contributed by atoms with E-state index in [0.29, 0.717) is 11.8 Å². The lowest BCUT2D eigenvalue weighted by Crippen LogP contribution is -2.15. The number of carbonyl (C=O) groups excluding carboxylic acids is 1. The van der Waals surface area contributed by atoms with E-state index < -0.39 is 0 Å². The number of hydrogen-bond acceptors (Lipinski definition) is 1. The Morgan fingerprint density at radius 1 is 1.06 bits per heavy atom. The molecule has 0 spiro atoms. The van der Waals surface area contributed by atoms with Crippen LogP contribution < -0.4 is 0 Å². The molecule has 1 aromatic carbocycles. The minimum Gasteiger partial charge on any atom is -0.299 e. The van der Waals surface area contributed by atoms with E-state index in [9.17, 15) is 4.79 Å². The quantitative estimate of drug-likeness (QED) is 0.553. The van der Waals surface area contributed by atoms with Gasteiger partial charge in [0.1, 0.15) is 6.29 Å². The smallest absolute Gasteiger partial charge is 0.142 e. The molecule has 1 saturated carbocycles. The van der Waals surface area contributed by atoms with Crippen molar-refractivity contribution in [1.29, 1.82) is 0 Å². The molecule has 2 rings (SSSR count). The van der Waals surface area contributed by atoms with Crippen LogP contribution in [0.2, 0.25) is 0 Å². The van der Waals surface area contributed by atoms with Gasteiger partial charge in [0.05, 0.1) is 0 Å². The van der Waals surface area contributed by atoms with E-state index in [2.05, 4.69) is 36.4 Å². The van der Waals surface area contributed by atoms with Crippen LogP contribution >= 0.6 is 0 Å². The zero-order valence-electron chi connectivity index (χ0n) is 9.51. The predicted molar refractivity (Wildman–Crippen MR) is 66.3 cm³/mol. The van der Waals surface area contributed by atoms with Crippen molar-refractivity contribution in [3.05, 3.63) is 48.0 Å². The zero-order valence-corrected chi connectivity index (χ0v) is 9.51. The minimum absolute atomic E-state index is 0.543. The molecular formula is C15H18O. The van der Waals surface area contributed by atoms with Gasteiger partial charge in [0.2, 0.25) is 0 Å². The Morgan fingerprint density at radius 3 is 2.56 bits per heavy atom. The molecule has 0 N–H and O–H groups in total. The molecule has 0 saturated heterocycles. The Kier molecular flexibility index (Phi) is 3.92. The first-order valence-electron chi connectivity index (χ1n) is 6.08. The lowest BCUT2D eigenvalue weighted by Gasteiger charge is -2.29. The Balaban J connectivity index is 2.16. The van der Waals surface area contributed by atoms with Gasteiger partial charge in [-0.1, -0.05) is 49.2 Å². The number of rotatable bonds is 3. The second-order valence-corrected chi connectivity index (χ2v) is 4.49. The summed E-state index contributed by atoms with van der Waals surface area (Å²) in [4.78, 5) is 10.4. The molecule has 1 fully saturated rings. The van der Waals surface area contributed by atoms with Gasteiger partial charge >= 0.3 is 0 Å². The van der Waals surface area contributed by atoms with Crippen LogP contribution in [-0.2, 0) is 4.79 Å². The summed E-state index contributed by atoms with van der Waals surface area (Å²) in [6.45, 7) is 0. The molecule has 0 amide bonds. The largest absolute Gasteiger partial charge is 0.299 e. The summed E-state index contributed by atoms with van der Waals surface area (Å²) in [5, 5.41) is 0. The molecule has 16 heavy (non-hydrogen) atoms. The molecule has 2 atom stereocenters. The maximum atomic E-state index is 10.4. The molecule has 0 aromatic heterocycles. The second-order valence-electron chi connectivity index (χ2n) is 4.49. The highest BCUT2D eigenvalue weighted by Gasteiger charge is 2.23. The Labute approximate surface area is 97.2 Å². The monoisotopic (exact) mass is 214 g/mol. The molecule has 0 unspecified atom stereocenters. The normalized spacial score (nSPS) is 25.8. The van der Waals surface area contributed by atoms with Gasteiger partial charge < -0.3 is 0 Å². The number of allylic oxidation sites excluding steroid dienone is 2. The highest BCUT2D eigenvalue weighted by atomic mass is 16.1. The average Bonchev–Trinajstić information content (AvgIpc) is 2.38. The van der Waals surface area contributed by atoms with Gasteiger partial charge in [0.15, 0.2) is 0 Å². The van der Waals surface area contributed by atoms with Crippen molar-refractivity contribution in [3.63, 3.8) is 0 Å². The molecule has 1 aliphatic rings. The molecule has 0 heterocycles. The molecule has 1 aromatic rings. The molecule has 0 radical (unpaired) electrons. The van der Waals surface area contributed by atoms with Gasteiger partial charge in [-0.25, -0.2) is 0 Å². The first-order chi connectivity index (χ1) is 7.92. The van der Waals surface area contributed by atoms with Gasteiger partial charge in [0.25, 0.3) is 0 Å². The van der Waals surface area contributed by atoms with Crippen LogP contribution in [0.5, 0.6) is 0 Å². The number of benzene rings is 1. The summed E-state index contributed by atoms with van der Waals surface area (Å²) in [6, 6.07) is 10.7. The predicted octanol–water partition coefficient (Wildman–Crippen LogP) is 3.72. The molecule has 1 aliphatic carbocycles. The Hall–Kier alpha value is -1.37. The fraction of sp³-hybridized carbons (Fsp3) is 0.400. The number of aldehydes is 1. The van der Waals surface area contributed by atoms with Crippen LogP contribution in [0.3, 0.4) is 0 Å². The Bertz CT molecular complexity index is 353. The van der Waals surface area contributed by atoms with Crippen molar-refractivity contribution in [2.45, 2.75) is 31.6 Å². The fourth-order valence-electron chi connectivity index (χ4n) is 2.69. The zero-order chi connectivity index (χ0) is 11.2. The topological polar surface area (TPSA) is 17.1 Å². The fourth-order valence-corrected chi connectivity index (χ4v) is 2.69. The van der Waals surface area contributed by atoms with Crippen molar-refractivity contribution >= 4 is 6.29 Å². The molecular weight excluding hydrogens is 196 g/mol. The van der Waals surface area contributed by atoms with E-state index in [-0.39, 0.29) is 0 Å². The maximum Gasteiger partial charge on any atom is 0.142 e. The Morgan fingerprint density at radius 2 is 1.81 bits per heavy atom. The van der Waals surface area contributed by atoms with E-state index in [1.54, 1.807) is 6.08 Å². The highest BCUT2D eigenvalue weighted by molar-refractivity contribution is 5.64. The minimum atomic E-state index is 0.543. The maximum absolute atomic E-state index is 10.4. The summed E-state index contributed by atoms with van der Waals surface area (Å²) >= 11 is 0. The molecule has 0 aliphatic heterocycles. The lowest BCUT2D eigenvalue weighted by atomic mass is 9.75. The van der Waals surface area contributed by atoms with E-state index in [0.717, 1.165) is 6.29 Å². The third-order valence-corrected chi connectivity index (χ3v) is 3.48. The summed E-state index contributed by atoms with van der Waals surface area (Å²) in [5.74, 6) is 1.15. The van der Waals surface area contributed by atoms with Gasteiger partial charge in [0, 0.05) is 0 Å². The first kappa shape index (κ1) is 11.1. The summed E-state index contributed by atoms with van der Waals surface area (Å²) in [5.41, 5.74) is 1.42. The first-order valence-corrected chi connectivity index (χ1v) is 6.08. The van der Waals surface area contributed by atoms with E-state index in [4.69, 9.17) is 0 Å². The molecule has 1 heteroatoms. The van der Waals surface area contributed by atoms with E-state index in [1.807, 2.05) is 0 Å². The van der Waals surface area contributed by atoms with Crippen molar-refractivity contribution in [2.24, 2.45) is 5.92 Å². The van der Waals surface area contributed by atoms with Crippen molar-refractivity contribution in [2.75, 3.05) is 0 Å². The third kappa shape index (κ3) is 2.60. The van der Waals surface area contributed by atoms with Crippen LogP contribution in [0.1, 0.15) is 37.2 Å². The summed E-state index contributed by atoms with van der Waals surface area (Å²) in [6.07, 6.45) is 9.69. The number of carbonyl (C=O) groups is 1. The van der Waals surface area contributed by atoms with Crippen molar-refractivity contribution < 1.29 is 4.79 Å². The van der Waals surface area contributed by atoms with Crippen LogP contribution in [0.15, 0.2) is 42.5 Å². The van der Waals surface area contributed by atoms with Crippen LogP contribution in [-0.4, -0.2) is 6.29 Å². The highest BCUT2D eigenvalue weighted by Crippen LogP contribution is 2.38. The van der Waals surface area contributed by atoms with Gasteiger partial charge in [-0.05, 0) is 36.3 Å². The second kappa shape index (κ2) is 5.64. The van der Waals surface area contributed by atoms with Crippen LogP contribution in [0, 0.1) is 5.92 Å². The van der Waals surface area contributed by atoms with Crippen LogP contribution in [0.4, 0.5) is 0 Å². The summed E-state index contributed by atoms with van der Waals surface area (Å²) in [7, 11) is 0. The van der Waals surface area contributed by atoms with E-state index in [1.165, 1.54) is 31.2 Å². The van der Waals surface area contributed by atoms with E-state index >= 15 is 0 Å². The average molecular weight is 214 g/mol. The standard InChI is InChI=1S/C15H18O/c16-12-6-10-14-9-4-5-11-15(14)13-7-2-1-3-8-13/h1-3,6-8,10,12,14-15H,4-5,9,11H2/b10-6+/t14-,15+/m0/s1. The van der Waals surface area contributed by atoms with Crippen molar-refractivity contribution in [1.82, 2.24) is 0 Å². The van der Waals surface area contributed by atoms with Gasteiger partial charge in [-0.3, -0.25) is 4.79 Å². The molecule has 0 bridgehead atoms. The van der Waals surface area contributed by atoms with Crippen LogP contribution in [0.25, 0.3) is 0 Å².